The number of aliphatic carboxylic acids is 1. The SMILES string of the molecule is CC/C=C\C/C=C\C/C=C\C/C=C\C/C=C\C/C=C\CCCCCCC(=O)OC(COCCCCCCCCCC/C=C\C/C=C\CCCCC)COP(=O)(O)OCC(N)C(=O)O. The van der Waals surface area contributed by atoms with Crippen molar-refractivity contribution in [1.29, 1.82) is 0 Å². The van der Waals surface area contributed by atoms with E-state index in [0.717, 1.165) is 96.3 Å². The molecule has 0 saturated heterocycles. The number of rotatable bonds is 45. The van der Waals surface area contributed by atoms with Crippen molar-refractivity contribution in [3.8, 4) is 0 Å². The Labute approximate surface area is 383 Å². The van der Waals surface area contributed by atoms with Crippen molar-refractivity contribution in [3.05, 3.63) is 97.2 Å². The van der Waals surface area contributed by atoms with Gasteiger partial charge in [0.1, 0.15) is 12.1 Å². The average Bonchev–Trinajstić information content (AvgIpc) is 3.26. The van der Waals surface area contributed by atoms with E-state index in [4.69, 9.17) is 29.4 Å². The molecule has 0 rings (SSSR count). The molecule has 0 aromatic heterocycles. The summed E-state index contributed by atoms with van der Waals surface area (Å²) in [6.07, 6.45) is 61.7. The van der Waals surface area contributed by atoms with Crippen molar-refractivity contribution >= 4 is 19.8 Å². The normalized spacial score (nSPS) is 14.6. The molecule has 11 heteroatoms. The van der Waals surface area contributed by atoms with E-state index in [2.05, 4.69) is 111 Å². The summed E-state index contributed by atoms with van der Waals surface area (Å²) in [7, 11) is -4.64. The topological polar surface area (TPSA) is 155 Å². The van der Waals surface area contributed by atoms with Crippen molar-refractivity contribution < 1.29 is 42.7 Å². The minimum atomic E-state index is -4.64. The molecule has 3 unspecified atom stereocenters. The number of carbonyl (C=O) groups excluding carboxylic acids is 1. The zero-order valence-corrected chi connectivity index (χ0v) is 40.3. The Morgan fingerprint density at radius 1 is 0.524 bits per heavy atom. The summed E-state index contributed by atoms with van der Waals surface area (Å²) in [6.45, 7) is 3.69. The van der Waals surface area contributed by atoms with E-state index in [0.29, 0.717) is 13.0 Å². The van der Waals surface area contributed by atoms with Gasteiger partial charge >= 0.3 is 19.8 Å². The maximum Gasteiger partial charge on any atom is 0.472 e. The fourth-order valence-corrected chi connectivity index (χ4v) is 6.88. The number of carbonyl (C=O) groups is 2. The number of unbranched alkanes of at least 4 members (excludes halogenated alkanes) is 15. The Morgan fingerprint density at radius 2 is 0.921 bits per heavy atom. The zero-order chi connectivity index (χ0) is 46.2. The van der Waals surface area contributed by atoms with Crippen LogP contribution in [0.5, 0.6) is 0 Å². The van der Waals surface area contributed by atoms with E-state index in [9.17, 15) is 19.0 Å². The van der Waals surface area contributed by atoms with Crippen LogP contribution in [0.25, 0.3) is 0 Å². The summed E-state index contributed by atoms with van der Waals surface area (Å²) in [5.41, 5.74) is 5.37. The zero-order valence-electron chi connectivity index (χ0n) is 39.4. The first kappa shape index (κ1) is 59.9. The highest BCUT2D eigenvalue weighted by Gasteiger charge is 2.27. The number of allylic oxidation sites excluding steroid dienone is 16. The van der Waals surface area contributed by atoms with Gasteiger partial charge in [0.15, 0.2) is 0 Å². The maximum absolute atomic E-state index is 12.7. The molecule has 360 valence electrons. The molecule has 0 fully saturated rings. The lowest BCUT2D eigenvalue weighted by Crippen LogP contribution is -2.34. The van der Waals surface area contributed by atoms with Gasteiger partial charge in [0.2, 0.25) is 0 Å². The average molecular weight is 902 g/mol. The molecule has 0 heterocycles. The van der Waals surface area contributed by atoms with Crippen molar-refractivity contribution in [2.75, 3.05) is 26.4 Å². The van der Waals surface area contributed by atoms with Crippen LogP contribution in [-0.2, 0) is 32.7 Å². The molecular formula is C52H88NO9P. The largest absolute Gasteiger partial charge is 0.480 e. The van der Waals surface area contributed by atoms with Gasteiger partial charge in [-0.15, -0.1) is 0 Å². The second-order valence-corrected chi connectivity index (χ2v) is 17.3. The number of hydrogen-bond acceptors (Lipinski definition) is 8. The first-order chi connectivity index (χ1) is 30.7. The third-order valence-electron chi connectivity index (χ3n) is 9.85. The van der Waals surface area contributed by atoms with Gasteiger partial charge in [-0.3, -0.25) is 18.6 Å². The molecule has 4 N–H and O–H groups in total. The molecule has 0 saturated carbocycles. The van der Waals surface area contributed by atoms with Crippen LogP contribution < -0.4 is 5.73 Å². The molecule has 3 atom stereocenters. The molecule has 10 nitrogen and oxygen atoms in total. The number of esters is 1. The third-order valence-corrected chi connectivity index (χ3v) is 10.8. The van der Waals surface area contributed by atoms with Crippen LogP contribution >= 0.6 is 7.82 Å². The Morgan fingerprint density at radius 3 is 1.38 bits per heavy atom. The molecule has 63 heavy (non-hydrogen) atoms. The number of phosphoric acid groups is 1. The van der Waals surface area contributed by atoms with Gasteiger partial charge in [0.25, 0.3) is 0 Å². The van der Waals surface area contributed by atoms with E-state index in [1.165, 1.54) is 57.8 Å². The Hall–Kier alpha value is -3.11. The molecule has 0 aliphatic rings. The Balaban J connectivity index is 4.28. The molecule has 0 bridgehead atoms. The number of hydrogen-bond donors (Lipinski definition) is 3. The molecule has 0 aromatic carbocycles. The Kier molecular flexibility index (Phi) is 44.6. The smallest absolute Gasteiger partial charge is 0.472 e. The molecule has 0 aromatic rings. The van der Waals surface area contributed by atoms with E-state index >= 15 is 0 Å². The van der Waals surface area contributed by atoms with Crippen LogP contribution in [0.2, 0.25) is 0 Å². The molecular weight excluding hydrogens is 814 g/mol. The highest BCUT2D eigenvalue weighted by Crippen LogP contribution is 2.43. The first-order valence-electron chi connectivity index (χ1n) is 24.3. The predicted octanol–water partition coefficient (Wildman–Crippen LogP) is 14.1. The summed E-state index contributed by atoms with van der Waals surface area (Å²) >= 11 is 0. The molecule has 0 aliphatic heterocycles. The summed E-state index contributed by atoms with van der Waals surface area (Å²) in [4.78, 5) is 33.7. The second kappa shape index (κ2) is 46.9. The fraction of sp³-hybridized carbons (Fsp3) is 0.654. The van der Waals surface area contributed by atoms with E-state index in [-0.39, 0.29) is 13.0 Å². The minimum Gasteiger partial charge on any atom is -0.480 e. The van der Waals surface area contributed by atoms with Gasteiger partial charge in [-0.1, -0.05) is 175 Å². The van der Waals surface area contributed by atoms with Crippen molar-refractivity contribution in [1.82, 2.24) is 0 Å². The third kappa shape index (κ3) is 46.7. The van der Waals surface area contributed by atoms with Gasteiger partial charge < -0.3 is 25.2 Å². The lowest BCUT2D eigenvalue weighted by Gasteiger charge is -2.20. The molecule has 0 spiro atoms. The fourth-order valence-electron chi connectivity index (χ4n) is 6.11. The van der Waals surface area contributed by atoms with Gasteiger partial charge in [-0.05, 0) is 96.3 Å². The van der Waals surface area contributed by atoms with Crippen molar-refractivity contribution in [2.45, 2.75) is 193 Å². The van der Waals surface area contributed by atoms with Crippen molar-refractivity contribution in [2.24, 2.45) is 5.73 Å². The second-order valence-electron chi connectivity index (χ2n) is 15.9. The standard InChI is InChI=1S/C52H88NO9P/c1-3-5-7-9-11-13-15-17-19-21-23-24-25-26-27-28-30-32-34-36-38-40-42-44-51(54)62-49(47-60-63(57,58)61-48-50(53)52(55)56)46-59-45-43-41-39-37-35-33-31-29-22-20-18-16-14-12-10-8-6-4-2/h5,7,11-14,17-20,23-24,26-27,30,32,49-50H,3-4,6,8-10,15-16,21-22,25,28-29,31,33-48,53H2,1-2H3,(H,55,56)(H,57,58)/b7-5-,13-11-,14-12-,19-17-,20-18-,24-23-,27-26-,32-30-. The summed E-state index contributed by atoms with van der Waals surface area (Å²) < 4.78 is 33.4. The van der Waals surface area contributed by atoms with Crippen LogP contribution in [0, 0.1) is 0 Å². The van der Waals surface area contributed by atoms with Crippen LogP contribution in [0.3, 0.4) is 0 Å². The highest BCUT2D eigenvalue weighted by molar-refractivity contribution is 7.47. The molecule has 0 radical (unpaired) electrons. The van der Waals surface area contributed by atoms with Crippen LogP contribution in [0.4, 0.5) is 0 Å². The first-order valence-corrected chi connectivity index (χ1v) is 25.8. The number of phosphoric ester groups is 1. The van der Waals surface area contributed by atoms with Crippen LogP contribution in [0.1, 0.15) is 181 Å². The van der Waals surface area contributed by atoms with Crippen molar-refractivity contribution in [3.63, 3.8) is 0 Å². The van der Waals surface area contributed by atoms with E-state index in [1.807, 2.05) is 0 Å². The predicted molar refractivity (Wildman–Crippen MR) is 263 cm³/mol. The molecule has 0 amide bonds. The van der Waals surface area contributed by atoms with Gasteiger partial charge in [-0.25, -0.2) is 4.57 Å². The van der Waals surface area contributed by atoms with E-state index < -0.39 is 45.1 Å². The van der Waals surface area contributed by atoms with Crippen LogP contribution in [0.15, 0.2) is 97.2 Å². The quantitative estimate of drug-likeness (QED) is 0.0233. The van der Waals surface area contributed by atoms with Crippen LogP contribution in [-0.4, -0.2) is 60.5 Å². The van der Waals surface area contributed by atoms with E-state index in [1.54, 1.807) is 0 Å². The Bertz CT molecular complexity index is 1370. The number of carboxylic acid groups (broad SMARTS) is 1. The molecule has 0 aliphatic carbocycles. The number of nitrogens with two attached hydrogens (primary N) is 1. The lowest BCUT2D eigenvalue weighted by atomic mass is 10.1. The highest BCUT2D eigenvalue weighted by atomic mass is 31.2. The number of ether oxygens (including phenoxy) is 2. The summed E-state index contributed by atoms with van der Waals surface area (Å²) in [6, 6.07) is -1.48. The minimum absolute atomic E-state index is 0.00394. The summed E-state index contributed by atoms with van der Waals surface area (Å²) in [5, 5.41) is 8.92. The van der Waals surface area contributed by atoms with Gasteiger partial charge in [-0.2, -0.15) is 0 Å². The van der Waals surface area contributed by atoms with Gasteiger partial charge in [0.05, 0.1) is 19.8 Å². The maximum atomic E-state index is 12.7. The van der Waals surface area contributed by atoms with Gasteiger partial charge in [0, 0.05) is 13.0 Å². The lowest BCUT2D eigenvalue weighted by molar-refractivity contribution is -0.154. The number of carboxylic acids is 1. The summed E-state index contributed by atoms with van der Waals surface area (Å²) in [5.74, 6) is -1.81. The monoisotopic (exact) mass is 902 g/mol.